The van der Waals surface area contributed by atoms with Gasteiger partial charge < -0.3 is 5.73 Å². The second-order valence-electron chi connectivity index (χ2n) is 4.13. The molecule has 1 nitrogen and oxygen atoms in total. The van der Waals surface area contributed by atoms with E-state index in [1.165, 1.54) is 0 Å². The highest BCUT2D eigenvalue weighted by molar-refractivity contribution is 9.10. The second-order valence-corrected chi connectivity index (χ2v) is 5.39. The highest BCUT2D eigenvalue weighted by atomic mass is 79.9. The Morgan fingerprint density at radius 3 is 2.61 bits per heavy atom. The molecule has 1 unspecified atom stereocenters. The third kappa shape index (κ3) is 2.58. The van der Waals surface area contributed by atoms with E-state index in [0.29, 0.717) is 15.1 Å². The van der Waals surface area contributed by atoms with E-state index in [2.05, 4.69) is 15.9 Å². The molecule has 18 heavy (non-hydrogen) atoms. The maximum Gasteiger partial charge on any atom is 0.145 e. The van der Waals surface area contributed by atoms with E-state index in [4.69, 9.17) is 17.3 Å². The van der Waals surface area contributed by atoms with E-state index in [-0.39, 0.29) is 11.9 Å². The third-order valence-corrected chi connectivity index (χ3v) is 3.69. The summed E-state index contributed by atoms with van der Waals surface area (Å²) >= 11 is 9.32. The van der Waals surface area contributed by atoms with Crippen LogP contribution in [0.1, 0.15) is 18.5 Å². The van der Waals surface area contributed by atoms with Gasteiger partial charge in [-0.3, -0.25) is 0 Å². The van der Waals surface area contributed by atoms with Gasteiger partial charge in [0.1, 0.15) is 5.82 Å². The van der Waals surface area contributed by atoms with Crippen molar-refractivity contribution in [2.24, 2.45) is 5.73 Å². The first-order valence-electron chi connectivity index (χ1n) is 5.50. The Labute approximate surface area is 119 Å². The average Bonchev–Trinajstić information content (AvgIpc) is 2.32. The van der Waals surface area contributed by atoms with Gasteiger partial charge >= 0.3 is 0 Å². The number of benzene rings is 2. The number of hydrogen-bond acceptors (Lipinski definition) is 1. The van der Waals surface area contributed by atoms with Crippen molar-refractivity contribution in [1.82, 2.24) is 0 Å². The highest BCUT2D eigenvalue weighted by Crippen LogP contribution is 2.31. The van der Waals surface area contributed by atoms with Crippen LogP contribution >= 0.6 is 27.5 Å². The minimum absolute atomic E-state index is 0.140. The van der Waals surface area contributed by atoms with Gasteiger partial charge in [0.15, 0.2) is 0 Å². The minimum Gasteiger partial charge on any atom is -0.324 e. The SMILES string of the molecule is CC(N)c1ccc(-c2cccc(Br)c2F)cc1Cl. The zero-order valence-electron chi connectivity index (χ0n) is 9.75. The van der Waals surface area contributed by atoms with Crippen molar-refractivity contribution in [3.05, 3.63) is 57.3 Å². The summed E-state index contributed by atoms with van der Waals surface area (Å²) in [6.07, 6.45) is 0. The molecular weight excluding hydrogens is 317 g/mol. The molecule has 1 atom stereocenters. The summed E-state index contributed by atoms with van der Waals surface area (Å²) in [6, 6.07) is 10.4. The number of halogens is 3. The number of rotatable bonds is 2. The monoisotopic (exact) mass is 327 g/mol. The Kier molecular flexibility index (Phi) is 4.05. The molecule has 0 aliphatic rings. The van der Waals surface area contributed by atoms with Gasteiger partial charge in [-0.15, -0.1) is 0 Å². The lowest BCUT2D eigenvalue weighted by molar-refractivity contribution is 0.624. The molecule has 0 aliphatic heterocycles. The summed E-state index contributed by atoms with van der Waals surface area (Å²) in [6.45, 7) is 1.86. The normalized spacial score (nSPS) is 12.5. The van der Waals surface area contributed by atoms with Crippen molar-refractivity contribution in [1.29, 1.82) is 0 Å². The molecule has 0 heterocycles. The van der Waals surface area contributed by atoms with Crippen molar-refractivity contribution in [2.45, 2.75) is 13.0 Å². The Morgan fingerprint density at radius 1 is 1.28 bits per heavy atom. The Balaban J connectivity index is 2.52. The van der Waals surface area contributed by atoms with E-state index in [9.17, 15) is 4.39 Å². The lowest BCUT2D eigenvalue weighted by atomic mass is 10.0. The van der Waals surface area contributed by atoms with Gasteiger partial charge in [0, 0.05) is 16.6 Å². The predicted molar refractivity (Wildman–Crippen MR) is 77.1 cm³/mol. The van der Waals surface area contributed by atoms with E-state index < -0.39 is 0 Å². The molecule has 0 saturated carbocycles. The first-order valence-corrected chi connectivity index (χ1v) is 6.67. The summed E-state index contributed by atoms with van der Waals surface area (Å²) in [5, 5.41) is 0.557. The van der Waals surface area contributed by atoms with Crippen molar-refractivity contribution >= 4 is 27.5 Å². The quantitative estimate of drug-likeness (QED) is 0.831. The molecule has 4 heteroatoms. The van der Waals surface area contributed by atoms with E-state index in [1.54, 1.807) is 24.3 Å². The van der Waals surface area contributed by atoms with Crippen LogP contribution < -0.4 is 5.73 Å². The third-order valence-electron chi connectivity index (χ3n) is 2.75. The molecule has 2 N–H and O–H groups in total. The minimum atomic E-state index is -0.290. The van der Waals surface area contributed by atoms with Gasteiger partial charge in [-0.1, -0.05) is 35.9 Å². The van der Waals surface area contributed by atoms with Gasteiger partial charge in [-0.2, -0.15) is 0 Å². The lowest BCUT2D eigenvalue weighted by Crippen LogP contribution is -2.05. The van der Waals surface area contributed by atoms with Crippen molar-refractivity contribution in [3.63, 3.8) is 0 Å². The molecule has 0 amide bonds. The Hall–Kier alpha value is -0.900. The summed E-state index contributed by atoms with van der Waals surface area (Å²) in [4.78, 5) is 0. The highest BCUT2D eigenvalue weighted by Gasteiger charge is 2.11. The molecule has 0 bridgehead atoms. The molecule has 0 saturated heterocycles. The molecule has 0 spiro atoms. The average molecular weight is 329 g/mol. The fraction of sp³-hybridized carbons (Fsp3) is 0.143. The summed E-state index contributed by atoms with van der Waals surface area (Å²) in [7, 11) is 0. The molecule has 2 rings (SSSR count). The van der Waals surface area contributed by atoms with Gasteiger partial charge in [-0.05, 0) is 46.1 Å². The zero-order chi connectivity index (χ0) is 13.3. The van der Waals surface area contributed by atoms with Crippen LogP contribution in [-0.4, -0.2) is 0 Å². The van der Waals surface area contributed by atoms with Crippen molar-refractivity contribution < 1.29 is 4.39 Å². The van der Waals surface area contributed by atoms with Crippen LogP contribution in [0.25, 0.3) is 11.1 Å². The maximum atomic E-state index is 14.0. The van der Waals surface area contributed by atoms with Crippen LogP contribution in [0.15, 0.2) is 40.9 Å². The molecule has 2 aromatic rings. The maximum absolute atomic E-state index is 14.0. The lowest BCUT2D eigenvalue weighted by Gasteiger charge is -2.11. The first-order chi connectivity index (χ1) is 8.50. The van der Waals surface area contributed by atoms with E-state index >= 15 is 0 Å². The fourth-order valence-electron chi connectivity index (χ4n) is 1.79. The van der Waals surface area contributed by atoms with Gasteiger partial charge in [-0.25, -0.2) is 4.39 Å². The van der Waals surface area contributed by atoms with Crippen molar-refractivity contribution in [2.75, 3.05) is 0 Å². The Bertz CT molecular complexity index is 584. The van der Waals surface area contributed by atoms with Gasteiger partial charge in [0.05, 0.1) is 4.47 Å². The summed E-state index contributed by atoms with van der Waals surface area (Å²) in [5.41, 5.74) is 7.90. The van der Waals surface area contributed by atoms with E-state index in [0.717, 1.165) is 11.1 Å². The molecular formula is C14H12BrClFN. The van der Waals surface area contributed by atoms with E-state index in [1.807, 2.05) is 19.1 Å². The molecule has 0 aromatic heterocycles. The van der Waals surface area contributed by atoms with Crippen LogP contribution in [0.4, 0.5) is 4.39 Å². The van der Waals surface area contributed by atoms with Crippen LogP contribution in [0, 0.1) is 5.82 Å². The zero-order valence-corrected chi connectivity index (χ0v) is 12.1. The summed E-state index contributed by atoms with van der Waals surface area (Å²) in [5.74, 6) is -0.290. The second kappa shape index (κ2) is 5.39. The van der Waals surface area contributed by atoms with Crippen LogP contribution in [0.5, 0.6) is 0 Å². The van der Waals surface area contributed by atoms with Crippen molar-refractivity contribution in [3.8, 4) is 11.1 Å². The molecule has 0 aliphatic carbocycles. The number of nitrogens with two attached hydrogens (primary N) is 1. The van der Waals surface area contributed by atoms with Gasteiger partial charge in [0.25, 0.3) is 0 Å². The molecule has 0 radical (unpaired) electrons. The predicted octanol–water partition coefficient (Wildman–Crippen LogP) is 4.93. The van der Waals surface area contributed by atoms with Crippen LogP contribution in [0.2, 0.25) is 5.02 Å². The molecule has 94 valence electrons. The largest absolute Gasteiger partial charge is 0.324 e. The molecule has 2 aromatic carbocycles. The standard InChI is InChI=1S/C14H12BrClFN/c1-8(18)10-6-5-9(7-13(10)16)11-3-2-4-12(15)14(11)17/h2-8H,18H2,1H3. The first kappa shape index (κ1) is 13.5. The van der Waals surface area contributed by atoms with Gasteiger partial charge in [0.2, 0.25) is 0 Å². The summed E-state index contributed by atoms with van der Waals surface area (Å²) < 4.78 is 14.4. The number of hydrogen-bond donors (Lipinski definition) is 1. The van der Waals surface area contributed by atoms with Crippen LogP contribution in [0.3, 0.4) is 0 Å². The topological polar surface area (TPSA) is 26.0 Å². The smallest absolute Gasteiger partial charge is 0.145 e. The molecule has 0 fully saturated rings. The fourth-order valence-corrected chi connectivity index (χ4v) is 2.51. The van der Waals surface area contributed by atoms with Crippen LogP contribution in [-0.2, 0) is 0 Å². The Morgan fingerprint density at radius 2 is 2.00 bits per heavy atom.